The van der Waals surface area contributed by atoms with Gasteiger partial charge in [-0.1, -0.05) is 50.2 Å². The molecule has 0 aliphatic heterocycles. The highest BCUT2D eigenvalue weighted by molar-refractivity contribution is 5.94. The number of hydrogen-bond donors (Lipinski definition) is 1. The smallest absolute Gasteiger partial charge is 0.246 e. The fraction of sp³-hybridized carbons (Fsp3) is 0.250. The third kappa shape index (κ3) is 6.02. The number of nitrogens with zero attached hydrogens (tertiary/aromatic N) is 3. The fourth-order valence-electron chi connectivity index (χ4n) is 3.81. The molecule has 0 unspecified atom stereocenters. The molecule has 2 amide bonds. The van der Waals surface area contributed by atoms with E-state index in [0.29, 0.717) is 24.0 Å². The van der Waals surface area contributed by atoms with Crippen molar-refractivity contribution < 1.29 is 18.7 Å². The second kappa shape index (κ2) is 11.4. The predicted octanol–water partition coefficient (Wildman–Crippen LogP) is 5.15. The van der Waals surface area contributed by atoms with Crippen LogP contribution in [0.25, 0.3) is 16.9 Å². The first-order chi connectivity index (χ1) is 17.4. The highest BCUT2D eigenvalue weighted by Gasteiger charge is 2.23. The molecule has 186 valence electrons. The molecule has 1 N–H and O–H groups in total. The third-order valence-corrected chi connectivity index (χ3v) is 5.50. The van der Waals surface area contributed by atoms with E-state index in [0.717, 1.165) is 17.0 Å². The highest BCUT2D eigenvalue weighted by atomic mass is 16.5. The largest absolute Gasteiger partial charge is 0.494 e. The van der Waals surface area contributed by atoms with Gasteiger partial charge in [-0.3, -0.25) is 19.5 Å². The van der Waals surface area contributed by atoms with Gasteiger partial charge < -0.3 is 14.1 Å². The van der Waals surface area contributed by atoms with Gasteiger partial charge >= 0.3 is 0 Å². The summed E-state index contributed by atoms with van der Waals surface area (Å²) in [6.07, 6.45) is 3.42. The van der Waals surface area contributed by atoms with E-state index in [1.54, 1.807) is 32.2 Å². The molecular formula is C28H30N4O4. The topological polar surface area (TPSA) is 89.6 Å². The molecule has 8 nitrogen and oxygen atoms in total. The lowest BCUT2D eigenvalue weighted by atomic mass is 10.2. The Labute approximate surface area is 210 Å². The van der Waals surface area contributed by atoms with Crippen molar-refractivity contribution in [3.63, 3.8) is 0 Å². The fourth-order valence-corrected chi connectivity index (χ4v) is 3.81. The Morgan fingerprint density at radius 3 is 2.58 bits per heavy atom. The zero-order valence-electron chi connectivity index (χ0n) is 20.7. The Bertz CT molecular complexity index is 1300. The van der Waals surface area contributed by atoms with E-state index in [2.05, 4.69) is 5.32 Å². The number of hydrogen-bond acceptors (Lipinski definition) is 5. The molecule has 0 aliphatic rings. The van der Waals surface area contributed by atoms with Crippen molar-refractivity contribution >= 4 is 17.8 Å². The second-order valence-corrected chi connectivity index (χ2v) is 8.59. The van der Waals surface area contributed by atoms with Gasteiger partial charge in [0.1, 0.15) is 18.1 Å². The standard InChI is InChI=1S/C28H30N4O4/c1-4-35-23-13-8-12-22(16-23)32-18-25(21-10-6-5-7-11-21)29-28(32)30-26(33)19-31(27(34)20(2)3)17-24-14-9-15-36-24/h5-16,18,20H,4,17,19H2,1-3H3,(H,29,30,33). The van der Waals surface area contributed by atoms with Gasteiger partial charge in [-0.05, 0) is 31.2 Å². The van der Waals surface area contributed by atoms with Crippen LogP contribution in [0.15, 0.2) is 83.6 Å². The van der Waals surface area contributed by atoms with E-state index in [1.165, 1.54) is 4.90 Å². The molecule has 0 saturated heterocycles. The van der Waals surface area contributed by atoms with Crippen LogP contribution in [0, 0.1) is 5.92 Å². The van der Waals surface area contributed by atoms with E-state index in [1.807, 2.05) is 72.3 Å². The number of aromatic nitrogens is 2. The minimum Gasteiger partial charge on any atom is -0.494 e. The summed E-state index contributed by atoms with van der Waals surface area (Å²) in [6.45, 7) is 6.15. The SMILES string of the molecule is CCOc1cccc(-n2cc(-c3ccccc3)nc2NC(=O)CN(Cc2ccco2)C(=O)C(C)C)c1. The Hall–Kier alpha value is -4.33. The summed E-state index contributed by atoms with van der Waals surface area (Å²) < 4.78 is 12.9. The highest BCUT2D eigenvalue weighted by Crippen LogP contribution is 2.26. The number of amides is 2. The molecule has 36 heavy (non-hydrogen) atoms. The number of imidazole rings is 1. The molecule has 2 heterocycles. The molecule has 0 aliphatic carbocycles. The Morgan fingerprint density at radius 2 is 1.89 bits per heavy atom. The van der Waals surface area contributed by atoms with Crippen LogP contribution in [0.3, 0.4) is 0 Å². The van der Waals surface area contributed by atoms with Crippen LogP contribution >= 0.6 is 0 Å². The molecule has 0 saturated carbocycles. The van der Waals surface area contributed by atoms with Crippen LogP contribution in [0.2, 0.25) is 0 Å². The van der Waals surface area contributed by atoms with E-state index < -0.39 is 0 Å². The molecule has 4 rings (SSSR count). The number of carbonyl (C=O) groups excluding carboxylic acids is 2. The summed E-state index contributed by atoms with van der Waals surface area (Å²) in [5.41, 5.74) is 2.41. The van der Waals surface area contributed by atoms with Crippen LogP contribution < -0.4 is 10.1 Å². The molecule has 0 bridgehead atoms. The summed E-state index contributed by atoms with van der Waals surface area (Å²) in [4.78, 5) is 32.2. The van der Waals surface area contributed by atoms with Gasteiger partial charge in [0.25, 0.3) is 0 Å². The zero-order chi connectivity index (χ0) is 25.5. The van der Waals surface area contributed by atoms with Gasteiger partial charge in [-0.25, -0.2) is 4.98 Å². The van der Waals surface area contributed by atoms with Gasteiger partial charge in [-0.2, -0.15) is 0 Å². The zero-order valence-corrected chi connectivity index (χ0v) is 20.7. The number of ether oxygens (including phenoxy) is 1. The van der Waals surface area contributed by atoms with Gasteiger partial charge in [0.05, 0.1) is 30.8 Å². The first kappa shape index (κ1) is 24.8. The predicted molar refractivity (Wildman–Crippen MR) is 138 cm³/mol. The summed E-state index contributed by atoms with van der Waals surface area (Å²) in [6, 6.07) is 20.8. The lowest BCUT2D eigenvalue weighted by molar-refractivity contribution is -0.138. The maximum Gasteiger partial charge on any atom is 0.246 e. The molecule has 0 spiro atoms. The average molecular weight is 487 g/mol. The average Bonchev–Trinajstić information content (AvgIpc) is 3.54. The number of nitrogens with one attached hydrogen (secondary N) is 1. The monoisotopic (exact) mass is 486 g/mol. The van der Waals surface area contributed by atoms with Crippen molar-refractivity contribution in [3.05, 3.63) is 85.0 Å². The Morgan fingerprint density at radius 1 is 1.08 bits per heavy atom. The Balaban J connectivity index is 1.62. The minimum atomic E-state index is -0.358. The van der Waals surface area contributed by atoms with Gasteiger partial charge in [0.2, 0.25) is 17.8 Å². The van der Waals surface area contributed by atoms with Crippen molar-refractivity contribution in [1.82, 2.24) is 14.5 Å². The van der Waals surface area contributed by atoms with Crippen LogP contribution in [-0.2, 0) is 16.1 Å². The number of rotatable bonds is 10. The number of carbonyl (C=O) groups is 2. The lowest BCUT2D eigenvalue weighted by Gasteiger charge is -2.23. The molecule has 2 aromatic heterocycles. The molecule has 2 aromatic carbocycles. The number of benzene rings is 2. The van der Waals surface area contributed by atoms with Gasteiger partial charge in [-0.15, -0.1) is 0 Å². The quantitative estimate of drug-likeness (QED) is 0.335. The van der Waals surface area contributed by atoms with E-state index in [-0.39, 0.29) is 30.8 Å². The van der Waals surface area contributed by atoms with Crippen LogP contribution in [0.4, 0.5) is 5.95 Å². The van der Waals surface area contributed by atoms with Crippen molar-refractivity contribution in [2.45, 2.75) is 27.3 Å². The molecule has 0 radical (unpaired) electrons. The maximum atomic E-state index is 13.2. The third-order valence-electron chi connectivity index (χ3n) is 5.50. The first-order valence-electron chi connectivity index (χ1n) is 11.9. The molecule has 0 fully saturated rings. The molecular weight excluding hydrogens is 456 g/mol. The van der Waals surface area contributed by atoms with Crippen molar-refractivity contribution in [1.29, 1.82) is 0 Å². The van der Waals surface area contributed by atoms with Crippen molar-refractivity contribution in [2.24, 2.45) is 5.92 Å². The normalized spacial score (nSPS) is 10.9. The number of anilines is 1. The van der Waals surface area contributed by atoms with Gasteiger partial charge in [0, 0.05) is 23.7 Å². The summed E-state index contributed by atoms with van der Waals surface area (Å²) in [5.74, 6) is 0.914. The minimum absolute atomic E-state index is 0.135. The maximum absolute atomic E-state index is 13.2. The number of furan rings is 1. The Kier molecular flexibility index (Phi) is 7.85. The molecule has 0 atom stereocenters. The second-order valence-electron chi connectivity index (χ2n) is 8.59. The van der Waals surface area contributed by atoms with E-state index in [9.17, 15) is 9.59 Å². The summed E-state index contributed by atoms with van der Waals surface area (Å²) >= 11 is 0. The van der Waals surface area contributed by atoms with Crippen LogP contribution in [0.1, 0.15) is 26.5 Å². The van der Waals surface area contributed by atoms with Crippen LogP contribution in [-0.4, -0.2) is 39.4 Å². The summed E-state index contributed by atoms with van der Waals surface area (Å²) in [5, 5.41) is 2.90. The lowest BCUT2D eigenvalue weighted by Crippen LogP contribution is -2.39. The van der Waals surface area contributed by atoms with Crippen LogP contribution in [0.5, 0.6) is 5.75 Å². The van der Waals surface area contributed by atoms with Crippen molar-refractivity contribution in [2.75, 3.05) is 18.5 Å². The van der Waals surface area contributed by atoms with E-state index >= 15 is 0 Å². The van der Waals surface area contributed by atoms with Gasteiger partial charge in [0.15, 0.2) is 0 Å². The summed E-state index contributed by atoms with van der Waals surface area (Å²) in [7, 11) is 0. The molecule has 8 heteroatoms. The molecule has 4 aromatic rings. The first-order valence-corrected chi connectivity index (χ1v) is 11.9. The van der Waals surface area contributed by atoms with E-state index in [4.69, 9.17) is 14.1 Å². The van der Waals surface area contributed by atoms with Crippen molar-refractivity contribution in [3.8, 4) is 22.7 Å².